The summed E-state index contributed by atoms with van der Waals surface area (Å²) in [5.41, 5.74) is -0.538. The van der Waals surface area contributed by atoms with Crippen LogP contribution in [0, 0.1) is 5.82 Å². The molecular formula is C20H25ClFN3O4. The molecule has 2 amide bonds. The van der Waals surface area contributed by atoms with Gasteiger partial charge < -0.3 is 20.1 Å². The molecule has 3 saturated carbocycles. The number of benzene rings is 1. The maximum Gasteiger partial charge on any atom is 0.258 e. The minimum Gasteiger partial charge on any atom is -0.484 e. The molecule has 7 nitrogen and oxygen atoms in total. The Balaban J connectivity index is 1.21. The zero-order chi connectivity index (χ0) is 20.8. The van der Waals surface area contributed by atoms with E-state index in [4.69, 9.17) is 21.1 Å². The summed E-state index contributed by atoms with van der Waals surface area (Å²) in [6.45, 7) is 3.74. The van der Waals surface area contributed by atoms with E-state index < -0.39 is 11.9 Å². The number of carbonyl (C=O) groups is 2. The van der Waals surface area contributed by atoms with Crippen molar-refractivity contribution >= 4 is 23.4 Å². The Hall–Kier alpha value is -1.90. The summed E-state index contributed by atoms with van der Waals surface area (Å²) in [6.07, 6.45) is 2.30. The van der Waals surface area contributed by atoms with Gasteiger partial charge in [0.15, 0.2) is 12.7 Å². The number of ether oxygens (including phenoxy) is 2. The van der Waals surface area contributed by atoms with Crippen molar-refractivity contribution < 1.29 is 23.5 Å². The normalized spacial score (nSPS) is 34.7. The predicted octanol–water partition coefficient (Wildman–Crippen LogP) is 1.88. The largest absolute Gasteiger partial charge is 0.484 e. The van der Waals surface area contributed by atoms with Crippen molar-refractivity contribution in [3.8, 4) is 5.75 Å². The summed E-state index contributed by atoms with van der Waals surface area (Å²) in [4.78, 5) is 24.7. The Morgan fingerprint density at radius 3 is 2.62 bits per heavy atom. The number of rotatable bonds is 7. The Kier molecular flexibility index (Phi) is 5.21. The molecule has 0 aromatic heterocycles. The van der Waals surface area contributed by atoms with Crippen LogP contribution in [-0.2, 0) is 14.3 Å². The predicted molar refractivity (Wildman–Crippen MR) is 104 cm³/mol. The third-order valence-electron chi connectivity index (χ3n) is 5.93. The minimum absolute atomic E-state index is 0.00130. The SMILES string of the molecule is CCC1NC(C)C(C(=O)NC23CC(NC(=O)COc4ccc(Cl)c(F)c4)(C2)C3)O1. The van der Waals surface area contributed by atoms with Crippen LogP contribution in [0.3, 0.4) is 0 Å². The molecule has 3 N–H and O–H groups in total. The van der Waals surface area contributed by atoms with Crippen LogP contribution in [0.2, 0.25) is 5.02 Å². The number of hydrogen-bond donors (Lipinski definition) is 3. The number of hydrogen-bond acceptors (Lipinski definition) is 5. The van der Waals surface area contributed by atoms with E-state index in [1.165, 1.54) is 12.1 Å². The van der Waals surface area contributed by atoms with Crippen LogP contribution in [0.1, 0.15) is 39.5 Å². The van der Waals surface area contributed by atoms with Crippen LogP contribution in [0.5, 0.6) is 5.75 Å². The lowest BCUT2D eigenvalue weighted by Gasteiger charge is -2.70. The highest BCUT2D eigenvalue weighted by Gasteiger charge is 2.69. The molecule has 9 heteroatoms. The van der Waals surface area contributed by atoms with E-state index in [0.717, 1.165) is 12.5 Å². The first-order valence-electron chi connectivity index (χ1n) is 9.86. The molecular weight excluding hydrogens is 401 g/mol. The second-order valence-corrected chi connectivity index (χ2v) is 8.81. The molecule has 5 rings (SSSR count). The van der Waals surface area contributed by atoms with Gasteiger partial charge in [0, 0.05) is 23.2 Å². The molecule has 1 saturated heterocycles. The third-order valence-corrected chi connectivity index (χ3v) is 6.23. The fourth-order valence-corrected chi connectivity index (χ4v) is 4.77. The molecule has 4 aliphatic rings. The Bertz CT molecular complexity index is 816. The molecule has 1 aliphatic heterocycles. The topological polar surface area (TPSA) is 88.7 Å². The second kappa shape index (κ2) is 7.41. The fraction of sp³-hybridized carbons (Fsp3) is 0.600. The number of nitrogens with one attached hydrogen (secondary N) is 3. The van der Waals surface area contributed by atoms with Crippen LogP contribution < -0.4 is 20.7 Å². The monoisotopic (exact) mass is 425 g/mol. The van der Waals surface area contributed by atoms with Crippen LogP contribution in [-0.4, -0.2) is 47.9 Å². The number of halogens is 2. The summed E-state index contributed by atoms with van der Waals surface area (Å²) in [5.74, 6) is -0.729. The molecule has 2 bridgehead atoms. The van der Waals surface area contributed by atoms with E-state index in [1.807, 2.05) is 13.8 Å². The molecule has 0 radical (unpaired) electrons. The van der Waals surface area contributed by atoms with E-state index in [9.17, 15) is 14.0 Å². The molecule has 29 heavy (non-hydrogen) atoms. The smallest absolute Gasteiger partial charge is 0.258 e. The van der Waals surface area contributed by atoms with Gasteiger partial charge in [-0.2, -0.15) is 0 Å². The van der Waals surface area contributed by atoms with Crippen LogP contribution in [0.15, 0.2) is 18.2 Å². The van der Waals surface area contributed by atoms with Gasteiger partial charge in [0.2, 0.25) is 0 Å². The Morgan fingerprint density at radius 1 is 1.31 bits per heavy atom. The Morgan fingerprint density at radius 2 is 2.00 bits per heavy atom. The van der Waals surface area contributed by atoms with Crippen molar-refractivity contribution in [2.24, 2.45) is 0 Å². The standard InChI is InChI=1S/C20H25ClFN3O4/c1-3-16-23-11(2)17(29-16)18(27)25-20-8-19(9-20,10-20)24-15(26)7-28-12-4-5-13(21)14(22)6-12/h4-6,11,16-17,23H,3,7-10H2,1-2H3,(H,24,26)(H,25,27). The second-order valence-electron chi connectivity index (χ2n) is 8.40. The average molecular weight is 426 g/mol. The van der Waals surface area contributed by atoms with Gasteiger partial charge in [0.05, 0.1) is 5.02 Å². The lowest BCUT2D eigenvalue weighted by atomic mass is 9.44. The van der Waals surface area contributed by atoms with Gasteiger partial charge in [-0.3, -0.25) is 14.9 Å². The summed E-state index contributed by atoms with van der Waals surface area (Å²) >= 11 is 5.62. The van der Waals surface area contributed by atoms with Gasteiger partial charge in [-0.15, -0.1) is 0 Å². The van der Waals surface area contributed by atoms with Crippen molar-refractivity contribution in [2.45, 2.75) is 69.0 Å². The number of carbonyl (C=O) groups excluding carboxylic acids is 2. The summed E-state index contributed by atoms with van der Waals surface area (Å²) in [5, 5.41) is 9.32. The molecule has 1 heterocycles. The first-order valence-corrected chi connectivity index (χ1v) is 10.2. The van der Waals surface area contributed by atoms with Crippen LogP contribution in [0.4, 0.5) is 4.39 Å². The molecule has 3 atom stereocenters. The van der Waals surface area contributed by atoms with E-state index in [1.54, 1.807) is 0 Å². The zero-order valence-corrected chi connectivity index (χ0v) is 17.1. The van der Waals surface area contributed by atoms with Crippen LogP contribution >= 0.6 is 11.6 Å². The maximum atomic E-state index is 13.4. The molecule has 4 fully saturated rings. The number of amides is 2. The van der Waals surface area contributed by atoms with E-state index in [-0.39, 0.29) is 52.5 Å². The fourth-order valence-electron chi connectivity index (χ4n) is 4.65. The van der Waals surface area contributed by atoms with Gasteiger partial charge in [-0.25, -0.2) is 4.39 Å². The van der Waals surface area contributed by atoms with Crippen molar-refractivity contribution in [1.29, 1.82) is 0 Å². The van der Waals surface area contributed by atoms with Crippen molar-refractivity contribution in [2.75, 3.05) is 6.61 Å². The highest BCUT2D eigenvalue weighted by molar-refractivity contribution is 6.30. The Labute approximate surface area is 173 Å². The first-order chi connectivity index (χ1) is 13.7. The quantitative estimate of drug-likeness (QED) is 0.620. The zero-order valence-electron chi connectivity index (χ0n) is 16.4. The van der Waals surface area contributed by atoms with E-state index in [2.05, 4.69) is 16.0 Å². The minimum atomic E-state index is -0.595. The van der Waals surface area contributed by atoms with E-state index >= 15 is 0 Å². The van der Waals surface area contributed by atoms with Crippen molar-refractivity contribution in [3.05, 3.63) is 29.0 Å². The van der Waals surface area contributed by atoms with Gasteiger partial charge >= 0.3 is 0 Å². The summed E-state index contributed by atoms with van der Waals surface area (Å²) in [6, 6.07) is 4.00. The highest BCUT2D eigenvalue weighted by atomic mass is 35.5. The molecule has 158 valence electrons. The van der Waals surface area contributed by atoms with Crippen molar-refractivity contribution in [1.82, 2.24) is 16.0 Å². The molecule has 1 aromatic rings. The lowest BCUT2D eigenvalue weighted by molar-refractivity contribution is -0.156. The lowest BCUT2D eigenvalue weighted by Crippen LogP contribution is -2.84. The van der Waals surface area contributed by atoms with Gasteiger partial charge in [0.1, 0.15) is 17.8 Å². The molecule has 3 unspecified atom stereocenters. The van der Waals surface area contributed by atoms with E-state index in [0.29, 0.717) is 19.3 Å². The average Bonchev–Trinajstić information content (AvgIpc) is 3.01. The highest BCUT2D eigenvalue weighted by Crippen LogP contribution is 2.60. The summed E-state index contributed by atoms with van der Waals surface area (Å²) < 4.78 is 24.5. The van der Waals surface area contributed by atoms with Gasteiger partial charge in [-0.1, -0.05) is 18.5 Å². The first kappa shape index (κ1) is 20.4. The van der Waals surface area contributed by atoms with Crippen molar-refractivity contribution in [3.63, 3.8) is 0 Å². The van der Waals surface area contributed by atoms with Gasteiger partial charge in [-0.05, 0) is 44.7 Å². The summed E-state index contributed by atoms with van der Waals surface area (Å²) in [7, 11) is 0. The van der Waals surface area contributed by atoms with Crippen LogP contribution in [0.25, 0.3) is 0 Å². The van der Waals surface area contributed by atoms with Gasteiger partial charge in [0.25, 0.3) is 11.8 Å². The maximum absolute atomic E-state index is 13.4. The third kappa shape index (κ3) is 3.93. The molecule has 1 aromatic carbocycles. The molecule has 0 spiro atoms. The molecule has 3 aliphatic carbocycles.